The number of ether oxygens (including phenoxy) is 1. The number of carboxylic acids is 1. The molecule has 0 spiro atoms. The van der Waals surface area contributed by atoms with E-state index in [1.54, 1.807) is 18.2 Å². The van der Waals surface area contributed by atoms with Gasteiger partial charge in [-0.25, -0.2) is 9.78 Å². The van der Waals surface area contributed by atoms with Gasteiger partial charge in [-0.15, -0.1) is 0 Å². The van der Waals surface area contributed by atoms with Crippen LogP contribution in [0.25, 0.3) is 0 Å². The molecule has 108 valence electrons. The molecule has 1 N–H and O–H groups in total. The Morgan fingerprint density at radius 3 is 2.62 bits per heavy atom. The van der Waals surface area contributed by atoms with Gasteiger partial charge < -0.3 is 9.84 Å². The molecule has 0 aliphatic heterocycles. The highest BCUT2D eigenvalue weighted by Gasteiger charge is 2.21. The summed E-state index contributed by atoms with van der Waals surface area (Å²) in [5.41, 5.74) is -0.811. The molecule has 0 atom stereocenters. The summed E-state index contributed by atoms with van der Waals surface area (Å²) < 4.78 is 6.74. The molecule has 0 radical (unpaired) electrons. The summed E-state index contributed by atoms with van der Waals surface area (Å²) >= 11 is 6.53. The maximum Gasteiger partial charge on any atom is 0.337 e. The van der Waals surface area contributed by atoms with Crippen LogP contribution in [0.4, 0.5) is 5.69 Å². The Morgan fingerprint density at radius 1 is 1.33 bits per heavy atom. The van der Waals surface area contributed by atoms with Gasteiger partial charge in [0, 0.05) is 16.7 Å². The second-order valence-electron chi connectivity index (χ2n) is 3.79. The van der Waals surface area contributed by atoms with Crippen molar-refractivity contribution in [3.8, 4) is 11.6 Å². The molecule has 0 saturated carbocycles. The number of carbonyl (C=O) groups is 1. The molecule has 0 unspecified atom stereocenters. The van der Waals surface area contributed by atoms with E-state index in [1.807, 2.05) is 0 Å². The Hall–Kier alpha value is -2.00. The van der Waals surface area contributed by atoms with E-state index in [4.69, 9.17) is 9.84 Å². The summed E-state index contributed by atoms with van der Waals surface area (Å²) in [6.07, 6.45) is 0.997. The monoisotopic (exact) mass is 416 g/mol. The van der Waals surface area contributed by atoms with E-state index in [1.165, 1.54) is 0 Å². The van der Waals surface area contributed by atoms with Gasteiger partial charge in [-0.2, -0.15) is 0 Å². The highest BCUT2D eigenvalue weighted by atomic mass is 79.9. The van der Waals surface area contributed by atoms with Crippen LogP contribution in [0.3, 0.4) is 0 Å². The topological polar surface area (TPSA) is 103 Å². The number of halogens is 2. The van der Waals surface area contributed by atoms with Gasteiger partial charge in [0.15, 0.2) is 0 Å². The molecule has 1 aromatic heterocycles. The maximum atomic E-state index is 11.0. The average molecular weight is 418 g/mol. The number of hydrogen-bond donors (Lipinski definition) is 1. The van der Waals surface area contributed by atoms with Gasteiger partial charge >= 0.3 is 11.7 Å². The van der Waals surface area contributed by atoms with Crippen molar-refractivity contribution in [3.63, 3.8) is 0 Å². The van der Waals surface area contributed by atoms with Crippen molar-refractivity contribution in [2.75, 3.05) is 0 Å². The van der Waals surface area contributed by atoms with Crippen molar-refractivity contribution < 1.29 is 19.6 Å². The zero-order valence-corrected chi connectivity index (χ0v) is 13.3. The molecule has 9 heteroatoms. The Morgan fingerprint density at radius 2 is 2.05 bits per heavy atom. The largest absolute Gasteiger partial charge is 0.478 e. The summed E-state index contributed by atoms with van der Waals surface area (Å²) in [5, 5.41) is 19.8. The van der Waals surface area contributed by atoms with Gasteiger partial charge in [-0.1, -0.05) is 15.9 Å². The Balaban J connectivity index is 2.44. The van der Waals surface area contributed by atoms with E-state index in [-0.39, 0.29) is 11.4 Å². The lowest BCUT2D eigenvalue weighted by atomic mass is 10.2. The first-order valence-electron chi connectivity index (χ1n) is 5.39. The van der Waals surface area contributed by atoms with Crippen LogP contribution in [0.5, 0.6) is 11.6 Å². The van der Waals surface area contributed by atoms with Crippen molar-refractivity contribution in [1.82, 2.24) is 4.98 Å². The fourth-order valence-corrected chi connectivity index (χ4v) is 2.56. The Labute approximate surface area is 135 Å². The normalized spacial score (nSPS) is 10.2. The number of nitrogens with zero attached hydrogens (tertiary/aromatic N) is 2. The van der Waals surface area contributed by atoms with E-state index in [9.17, 15) is 14.9 Å². The van der Waals surface area contributed by atoms with Crippen molar-refractivity contribution in [1.29, 1.82) is 0 Å². The molecule has 2 rings (SSSR count). The molecule has 21 heavy (non-hydrogen) atoms. The number of aromatic nitrogens is 1. The second kappa shape index (κ2) is 6.19. The molecule has 7 nitrogen and oxygen atoms in total. The van der Waals surface area contributed by atoms with Crippen molar-refractivity contribution >= 4 is 43.5 Å². The van der Waals surface area contributed by atoms with Crippen LogP contribution in [0.15, 0.2) is 39.4 Å². The van der Waals surface area contributed by atoms with E-state index < -0.39 is 16.6 Å². The summed E-state index contributed by atoms with van der Waals surface area (Å²) in [6.45, 7) is 0. The Bertz CT molecular complexity index is 736. The number of pyridine rings is 1. The smallest absolute Gasteiger partial charge is 0.337 e. The van der Waals surface area contributed by atoms with Crippen molar-refractivity contribution in [3.05, 3.63) is 55.1 Å². The van der Waals surface area contributed by atoms with Crippen LogP contribution in [-0.4, -0.2) is 21.0 Å². The lowest BCUT2D eigenvalue weighted by Gasteiger charge is -2.07. The van der Waals surface area contributed by atoms with Gasteiger partial charge in [0.1, 0.15) is 5.75 Å². The molecule has 0 saturated heterocycles. The van der Waals surface area contributed by atoms with E-state index in [0.29, 0.717) is 10.2 Å². The number of carboxylic acid groups (broad SMARTS) is 1. The van der Waals surface area contributed by atoms with Gasteiger partial charge in [0.25, 0.3) is 5.88 Å². The lowest BCUT2D eigenvalue weighted by Crippen LogP contribution is -2.02. The number of rotatable bonds is 4. The Kier molecular flexibility index (Phi) is 4.53. The number of benzene rings is 1. The van der Waals surface area contributed by atoms with Crippen LogP contribution >= 0.6 is 31.9 Å². The molecule has 1 aromatic carbocycles. The predicted octanol–water partition coefficient (Wildman–Crippen LogP) is 4.01. The van der Waals surface area contributed by atoms with Gasteiger partial charge in [-0.05, 0) is 34.1 Å². The highest BCUT2D eigenvalue weighted by molar-refractivity contribution is 9.11. The molecule has 0 amide bonds. The number of nitro groups is 1. The zero-order chi connectivity index (χ0) is 15.6. The third-order valence-electron chi connectivity index (χ3n) is 2.38. The minimum Gasteiger partial charge on any atom is -0.478 e. The highest BCUT2D eigenvalue weighted by Crippen LogP contribution is 2.35. The first-order chi connectivity index (χ1) is 9.88. The molecule has 0 aliphatic carbocycles. The second-order valence-corrected chi connectivity index (χ2v) is 5.56. The third-order valence-corrected chi connectivity index (χ3v) is 3.49. The van der Waals surface area contributed by atoms with Crippen LogP contribution in [0.2, 0.25) is 0 Å². The maximum absolute atomic E-state index is 11.0. The van der Waals surface area contributed by atoms with Crippen LogP contribution < -0.4 is 4.74 Å². The molecule has 1 heterocycles. The molecule has 2 aromatic rings. The standard InChI is InChI=1S/C12H6Br2N2O5/c13-7-1-2-10(8(14)4-7)21-11-9(16(19)20)3-6(5-15-11)12(17)18/h1-5H,(H,17,18). The molecule has 0 bridgehead atoms. The summed E-state index contributed by atoms with van der Waals surface area (Å²) in [6, 6.07) is 5.88. The third kappa shape index (κ3) is 3.56. The predicted molar refractivity (Wildman–Crippen MR) is 79.8 cm³/mol. The van der Waals surface area contributed by atoms with E-state index >= 15 is 0 Å². The van der Waals surface area contributed by atoms with E-state index in [2.05, 4.69) is 36.8 Å². The molecule has 0 aliphatic rings. The first kappa shape index (κ1) is 15.4. The van der Waals surface area contributed by atoms with Crippen LogP contribution in [0.1, 0.15) is 10.4 Å². The number of aromatic carboxylic acids is 1. The summed E-state index contributed by atoms with van der Waals surface area (Å²) in [7, 11) is 0. The minimum absolute atomic E-state index is 0.284. The van der Waals surface area contributed by atoms with E-state index in [0.717, 1.165) is 16.7 Å². The van der Waals surface area contributed by atoms with Gasteiger partial charge in [-0.3, -0.25) is 10.1 Å². The van der Waals surface area contributed by atoms with Crippen molar-refractivity contribution in [2.45, 2.75) is 0 Å². The fourth-order valence-electron chi connectivity index (χ4n) is 1.43. The van der Waals surface area contributed by atoms with Crippen molar-refractivity contribution in [2.24, 2.45) is 0 Å². The molecule has 0 fully saturated rings. The average Bonchev–Trinajstić information content (AvgIpc) is 2.41. The quantitative estimate of drug-likeness (QED) is 0.595. The van der Waals surface area contributed by atoms with Gasteiger partial charge in [0.2, 0.25) is 0 Å². The van der Waals surface area contributed by atoms with Crippen LogP contribution in [0, 0.1) is 10.1 Å². The van der Waals surface area contributed by atoms with Gasteiger partial charge in [0.05, 0.1) is 15.0 Å². The lowest BCUT2D eigenvalue weighted by molar-refractivity contribution is -0.386. The zero-order valence-electron chi connectivity index (χ0n) is 10.1. The molecular formula is C12H6Br2N2O5. The summed E-state index contributed by atoms with van der Waals surface area (Å²) in [4.78, 5) is 24.8. The van der Waals surface area contributed by atoms with Crippen LogP contribution in [-0.2, 0) is 0 Å². The fraction of sp³-hybridized carbons (Fsp3) is 0. The summed E-state index contributed by atoms with van der Waals surface area (Å²) in [5.74, 6) is -1.27. The first-order valence-corrected chi connectivity index (χ1v) is 6.97. The minimum atomic E-state index is -1.30. The SMILES string of the molecule is O=C(O)c1cnc(Oc2ccc(Br)cc2Br)c([N+](=O)[O-])c1. The number of hydrogen-bond acceptors (Lipinski definition) is 5. The molecular weight excluding hydrogens is 412 g/mol.